The number of imidazole rings is 1. The summed E-state index contributed by atoms with van der Waals surface area (Å²) < 4.78 is 45.5. The van der Waals surface area contributed by atoms with Gasteiger partial charge < -0.3 is 0 Å². The second-order valence-corrected chi connectivity index (χ2v) is 10.0. The molecule has 0 atom stereocenters. The predicted octanol–water partition coefficient (Wildman–Crippen LogP) is 10.3. The minimum absolute atomic E-state index is 0.181. The van der Waals surface area contributed by atoms with E-state index >= 15 is 0 Å². The average molecular weight is 528 g/mol. The van der Waals surface area contributed by atoms with Gasteiger partial charge in [0.25, 0.3) is 0 Å². The van der Waals surface area contributed by atoms with E-state index in [4.69, 9.17) is 11.8 Å². The van der Waals surface area contributed by atoms with Gasteiger partial charge in [0.2, 0.25) is 0 Å². The van der Waals surface area contributed by atoms with Gasteiger partial charge in [0, 0.05) is 11.3 Å². The smallest absolute Gasteiger partial charge is 0.146 e. The molecule has 1 heterocycles. The van der Waals surface area contributed by atoms with Gasteiger partial charge in [-0.2, -0.15) is 0 Å². The molecule has 7 aromatic carbocycles. The first-order valence-corrected chi connectivity index (χ1v) is 13.6. The number of fused-ring (bicyclic) bond motifs is 3. The molecular weight excluding hydrogens is 496 g/mol. The Morgan fingerprint density at radius 1 is 0.488 bits per heavy atom. The number of aromatic nitrogens is 2. The van der Waals surface area contributed by atoms with E-state index in [1.165, 1.54) is 0 Å². The van der Waals surface area contributed by atoms with Crippen LogP contribution in [0.2, 0.25) is 0 Å². The molecule has 0 fully saturated rings. The van der Waals surface area contributed by atoms with Gasteiger partial charge in [-0.3, -0.25) is 4.57 Å². The van der Waals surface area contributed by atoms with Crippen molar-refractivity contribution in [3.8, 4) is 39.3 Å². The average Bonchev–Trinajstić information content (AvgIpc) is 3.49. The van der Waals surface area contributed by atoms with Gasteiger partial charge in [0.05, 0.1) is 17.9 Å². The zero-order valence-electron chi connectivity index (χ0n) is 27.0. The van der Waals surface area contributed by atoms with Crippen molar-refractivity contribution < 1.29 is 6.85 Å². The Morgan fingerprint density at radius 2 is 1.12 bits per heavy atom. The minimum atomic E-state index is -0.412. The number of hydrogen-bond acceptors (Lipinski definition) is 1. The summed E-state index contributed by atoms with van der Waals surface area (Å²) in [6.45, 7) is 0. The highest BCUT2D eigenvalue weighted by molar-refractivity contribution is 6.21. The molecule has 2 nitrogen and oxygen atoms in total. The quantitative estimate of drug-likeness (QED) is 0.208. The summed E-state index contributed by atoms with van der Waals surface area (Å²) >= 11 is 0. The molecule has 8 aromatic rings. The lowest BCUT2D eigenvalue weighted by Crippen LogP contribution is -1.99. The lowest BCUT2D eigenvalue weighted by atomic mass is 9.86. The van der Waals surface area contributed by atoms with Gasteiger partial charge >= 0.3 is 0 Å². The van der Waals surface area contributed by atoms with Gasteiger partial charge in [-0.05, 0) is 74.1 Å². The maximum atomic E-state index is 8.99. The monoisotopic (exact) mass is 527 g/mol. The van der Waals surface area contributed by atoms with Crippen LogP contribution >= 0.6 is 0 Å². The molecule has 192 valence electrons. The van der Waals surface area contributed by atoms with Crippen molar-refractivity contribution in [3.63, 3.8) is 0 Å². The summed E-state index contributed by atoms with van der Waals surface area (Å²) in [5.74, 6) is 0.758. The molecule has 0 saturated carbocycles. The third-order valence-electron chi connectivity index (χ3n) is 7.68. The lowest BCUT2D eigenvalue weighted by Gasteiger charge is -2.19. The number of rotatable bonds is 4. The number of benzene rings is 7. The van der Waals surface area contributed by atoms with Crippen LogP contribution in [0.25, 0.3) is 71.9 Å². The maximum absolute atomic E-state index is 8.99. The van der Waals surface area contributed by atoms with E-state index in [0.29, 0.717) is 5.56 Å². The van der Waals surface area contributed by atoms with Crippen LogP contribution < -0.4 is 0 Å². The Bertz CT molecular complexity index is 2440. The Morgan fingerprint density at radius 3 is 1.90 bits per heavy atom. The topological polar surface area (TPSA) is 17.8 Å². The van der Waals surface area contributed by atoms with E-state index in [2.05, 4.69) is 41.0 Å². The van der Waals surface area contributed by atoms with Crippen molar-refractivity contribution in [3.05, 3.63) is 158 Å². The third-order valence-corrected chi connectivity index (χ3v) is 7.68. The van der Waals surface area contributed by atoms with Gasteiger partial charge in [-0.1, -0.05) is 127 Å². The van der Waals surface area contributed by atoms with Crippen molar-refractivity contribution in [2.45, 2.75) is 0 Å². The Hall–Kier alpha value is -5.47. The molecule has 0 aliphatic carbocycles. The second kappa shape index (κ2) is 9.62. The normalized spacial score (nSPS) is 13.1. The van der Waals surface area contributed by atoms with Crippen molar-refractivity contribution in [2.24, 2.45) is 0 Å². The standard InChI is InChI=1S/C39H26N2/c1-4-14-27(15-5-1)29-24-25-33-34(26-29)37(28-16-6-2-7-17-28)31-20-10-11-21-32(31)38(33)39-40-35-22-12-13-23-36(35)41(39)30-18-8-3-9-19-30/h1-26H/i2D,6D,7D,16D,17D. The summed E-state index contributed by atoms with van der Waals surface area (Å²) in [6, 6.07) is 40.8. The van der Waals surface area contributed by atoms with E-state index in [1.54, 1.807) is 0 Å². The first-order valence-electron chi connectivity index (χ1n) is 16.1. The summed E-state index contributed by atoms with van der Waals surface area (Å²) in [4.78, 5) is 5.22. The zero-order valence-corrected chi connectivity index (χ0v) is 22.0. The Balaban J connectivity index is 1.59. The van der Waals surface area contributed by atoms with Gasteiger partial charge in [0.15, 0.2) is 0 Å². The molecule has 41 heavy (non-hydrogen) atoms. The molecule has 8 rings (SSSR count). The summed E-state index contributed by atoms with van der Waals surface area (Å²) in [7, 11) is 0. The van der Waals surface area contributed by atoms with E-state index in [-0.39, 0.29) is 29.7 Å². The van der Waals surface area contributed by atoms with Crippen molar-refractivity contribution >= 4 is 32.6 Å². The molecular formula is C39H26N2. The van der Waals surface area contributed by atoms with E-state index in [1.807, 2.05) is 91.0 Å². The second-order valence-electron chi connectivity index (χ2n) is 10.0. The molecule has 0 aliphatic rings. The minimum Gasteiger partial charge on any atom is -0.292 e. The Kier molecular flexibility index (Phi) is 4.40. The van der Waals surface area contributed by atoms with Crippen LogP contribution in [0.4, 0.5) is 0 Å². The highest BCUT2D eigenvalue weighted by Gasteiger charge is 2.22. The first-order chi connectivity index (χ1) is 22.4. The van der Waals surface area contributed by atoms with E-state index in [9.17, 15) is 0 Å². The van der Waals surface area contributed by atoms with Crippen molar-refractivity contribution in [1.82, 2.24) is 9.55 Å². The highest BCUT2D eigenvalue weighted by Crippen LogP contribution is 2.45. The summed E-state index contributed by atoms with van der Waals surface area (Å²) in [5.41, 5.74) is 6.46. The Labute approximate surface area is 245 Å². The number of hydrogen-bond donors (Lipinski definition) is 0. The van der Waals surface area contributed by atoms with Crippen LogP contribution in [0, 0.1) is 0 Å². The van der Waals surface area contributed by atoms with Crippen molar-refractivity contribution in [2.75, 3.05) is 0 Å². The van der Waals surface area contributed by atoms with E-state index < -0.39 is 6.04 Å². The van der Waals surface area contributed by atoms with Crippen LogP contribution in [0.15, 0.2) is 158 Å². The first kappa shape index (κ1) is 18.8. The summed E-state index contributed by atoms with van der Waals surface area (Å²) in [5, 5.41) is 3.30. The highest BCUT2D eigenvalue weighted by atomic mass is 15.1. The van der Waals surface area contributed by atoms with Crippen LogP contribution in [0.5, 0.6) is 0 Å². The van der Waals surface area contributed by atoms with Gasteiger partial charge in [-0.15, -0.1) is 0 Å². The predicted molar refractivity (Wildman–Crippen MR) is 172 cm³/mol. The fourth-order valence-corrected chi connectivity index (χ4v) is 5.91. The van der Waals surface area contributed by atoms with Crippen LogP contribution in [0.1, 0.15) is 6.85 Å². The molecule has 0 spiro atoms. The molecule has 2 heteroatoms. The zero-order chi connectivity index (χ0) is 31.5. The van der Waals surface area contributed by atoms with Gasteiger partial charge in [0.1, 0.15) is 5.82 Å². The lowest BCUT2D eigenvalue weighted by molar-refractivity contribution is 1.11. The third kappa shape index (κ3) is 3.84. The van der Waals surface area contributed by atoms with Gasteiger partial charge in [-0.25, -0.2) is 4.98 Å². The molecule has 0 amide bonds. The van der Waals surface area contributed by atoms with Crippen LogP contribution in [-0.4, -0.2) is 9.55 Å². The van der Waals surface area contributed by atoms with E-state index in [0.717, 1.165) is 60.8 Å². The largest absolute Gasteiger partial charge is 0.292 e. The number of para-hydroxylation sites is 3. The molecule has 0 aliphatic heterocycles. The van der Waals surface area contributed by atoms with Crippen LogP contribution in [-0.2, 0) is 0 Å². The fraction of sp³-hybridized carbons (Fsp3) is 0. The molecule has 0 bridgehead atoms. The fourth-order valence-electron chi connectivity index (χ4n) is 5.91. The molecule has 0 radical (unpaired) electrons. The van der Waals surface area contributed by atoms with Crippen molar-refractivity contribution in [1.29, 1.82) is 0 Å². The molecule has 0 unspecified atom stereocenters. The van der Waals surface area contributed by atoms with Crippen LogP contribution in [0.3, 0.4) is 0 Å². The SMILES string of the molecule is [2H]c1c([2H])c([2H])c(-c2c3ccccc3c(-c3nc4ccccc4n3-c3ccccc3)c3ccc(-c4ccccc4)cc23)c([2H])c1[2H]. The number of nitrogens with zero attached hydrogens (tertiary/aromatic N) is 2. The summed E-state index contributed by atoms with van der Waals surface area (Å²) in [6.07, 6.45) is 0. The molecule has 0 saturated heterocycles. The molecule has 0 N–H and O–H groups in total. The maximum Gasteiger partial charge on any atom is 0.146 e. The molecule has 1 aromatic heterocycles.